The van der Waals surface area contributed by atoms with E-state index in [9.17, 15) is 5.11 Å². The standard InChI is InChI=1S/C11H19BrO2/c1-5-10(14-4)11(13)9(3)6-8(2)7-12/h5-6,9-11,13H,1,7H2,2-4H3/b8-6-/t9?,10?,11-/m0/s1. The van der Waals surface area contributed by atoms with Gasteiger partial charge >= 0.3 is 0 Å². The molecule has 0 aromatic heterocycles. The van der Waals surface area contributed by atoms with Crippen molar-refractivity contribution in [2.75, 3.05) is 12.4 Å². The SMILES string of the molecule is C=CC(OC)[C@@H](O)C(C)/C=C(/C)CBr. The molecule has 0 amide bonds. The number of halogens is 1. The van der Waals surface area contributed by atoms with Crippen molar-refractivity contribution in [2.24, 2.45) is 5.92 Å². The minimum absolute atomic E-state index is 0.0653. The average Bonchev–Trinajstić information content (AvgIpc) is 2.19. The normalized spacial score (nSPS) is 18.8. The van der Waals surface area contributed by atoms with Crippen molar-refractivity contribution in [3.05, 3.63) is 24.3 Å². The van der Waals surface area contributed by atoms with Crippen molar-refractivity contribution in [3.8, 4) is 0 Å². The maximum absolute atomic E-state index is 9.87. The molecule has 82 valence electrons. The van der Waals surface area contributed by atoms with Crippen LogP contribution in [-0.4, -0.2) is 29.8 Å². The molecule has 0 fully saturated rings. The molecule has 3 heteroatoms. The predicted molar refractivity (Wildman–Crippen MR) is 63.7 cm³/mol. The van der Waals surface area contributed by atoms with Crippen LogP contribution in [0.2, 0.25) is 0 Å². The highest BCUT2D eigenvalue weighted by Crippen LogP contribution is 2.14. The molecule has 0 spiro atoms. The first-order valence-electron chi connectivity index (χ1n) is 4.63. The molecule has 0 aliphatic heterocycles. The van der Waals surface area contributed by atoms with E-state index in [4.69, 9.17) is 4.74 Å². The van der Waals surface area contributed by atoms with Gasteiger partial charge in [-0.2, -0.15) is 0 Å². The average molecular weight is 263 g/mol. The zero-order valence-electron chi connectivity index (χ0n) is 9.03. The summed E-state index contributed by atoms with van der Waals surface area (Å²) < 4.78 is 5.09. The Morgan fingerprint density at radius 3 is 2.57 bits per heavy atom. The number of methoxy groups -OCH3 is 1. The lowest BCUT2D eigenvalue weighted by molar-refractivity contribution is -0.00151. The van der Waals surface area contributed by atoms with Crippen LogP contribution < -0.4 is 0 Å². The van der Waals surface area contributed by atoms with Gasteiger partial charge in [0.25, 0.3) is 0 Å². The van der Waals surface area contributed by atoms with Gasteiger partial charge in [-0.1, -0.05) is 40.6 Å². The fraction of sp³-hybridized carbons (Fsp3) is 0.636. The number of hydrogen-bond acceptors (Lipinski definition) is 2. The Hall–Kier alpha value is -0.120. The number of ether oxygens (including phenoxy) is 1. The number of rotatable bonds is 6. The van der Waals surface area contributed by atoms with Gasteiger partial charge in [0.2, 0.25) is 0 Å². The van der Waals surface area contributed by atoms with Crippen LogP contribution in [0.25, 0.3) is 0 Å². The highest BCUT2D eigenvalue weighted by Gasteiger charge is 2.20. The molecule has 0 aliphatic rings. The van der Waals surface area contributed by atoms with Gasteiger partial charge in [-0.05, 0) is 6.92 Å². The monoisotopic (exact) mass is 262 g/mol. The lowest BCUT2D eigenvalue weighted by Gasteiger charge is -2.22. The molecule has 1 N–H and O–H groups in total. The third-order valence-electron chi connectivity index (χ3n) is 2.14. The summed E-state index contributed by atoms with van der Waals surface area (Å²) in [6.07, 6.45) is 2.82. The molecule has 0 saturated heterocycles. The molecule has 0 radical (unpaired) electrons. The smallest absolute Gasteiger partial charge is 0.101 e. The molecule has 0 aromatic rings. The van der Waals surface area contributed by atoms with Gasteiger partial charge in [-0.25, -0.2) is 0 Å². The van der Waals surface area contributed by atoms with E-state index in [1.165, 1.54) is 5.57 Å². The van der Waals surface area contributed by atoms with E-state index in [2.05, 4.69) is 22.5 Å². The van der Waals surface area contributed by atoms with Crippen molar-refractivity contribution in [2.45, 2.75) is 26.1 Å². The van der Waals surface area contributed by atoms with E-state index >= 15 is 0 Å². The second-order valence-corrected chi connectivity index (χ2v) is 3.99. The summed E-state index contributed by atoms with van der Waals surface area (Å²) in [7, 11) is 1.57. The Bertz CT molecular complexity index is 201. The first kappa shape index (κ1) is 13.9. The molecule has 0 aliphatic carbocycles. The molecule has 0 heterocycles. The van der Waals surface area contributed by atoms with Crippen LogP contribution in [-0.2, 0) is 4.74 Å². The van der Waals surface area contributed by atoms with Gasteiger partial charge < -0.3 is 9.84 Å². The Balaban J connectivity index is 4.36. The molecular formula is C11H19BrO2. The van der Waals surface area contributed by atoms with E-state index in [1.54, 1.807) is 13.2 Å². The van der Waals surface area contributed by atoms with Crippen LogP contribution in [0, 0.1) is 5.92 Å². The molecule has 0 saturated carbocycles. The summed E-state index contributed by atoms with van der Waals surface area (Å²) in [5.74, 6) is 0.0653. The zero-order valence-corrected chi connectivity index (χ0v) is 10.6. The molecule has 3 atom stereocenters. The minimum atomic E-state index is -0.536. The molecular weight excluding hydrogens is 244 g/mol. The van der Waals surface area contributed by atoms with Gasteiger partial charge in [-0.3, -0.25) is 0 Å². The third kappa shape index (κ3) is 4.40. The van der Waals surface area contributed by atoms with E-state index in [0.29, 0.717) is 0 Å². The third-order valence-corrected chi connectivity index (χ3v) is 3.02. The maximum atomic E-state index is 9.87. The zero-order chi connectivity index (χ0) is 11.1. The summed E-state index contributed by atoms with van der Waals surface area (Å²) in [5.41, 5.74) is 1.20. The minimum Gasteiger partial charge on any atom is -0.389 e. The molecule has 0 rings (SSSR count). The Morgan fingerprint density at radius 1 is 1.64 bits per heavy atom. The number of aliphatic hydroxyl groups is 1. The fourth-order valence-corrected chi connectivity index (χ4v) is 1.45. The number of allylic oxidation sites excluding steroid dienone is 1. The van der Waals surface area contributed by atoms with Crippen molar-refractivity contribution in [1.82, 2.24) is 0 Å². The quantitative estimate of drug-likeness (QED) is 0.589. The second kappa shape index (κ2) is 7.21. The number of alkyl halides is 1. The topological polar surface area (TPSA) is 29.5 Å². The molecule has 2 unspecified atom stereocenters. The van der Waals surface area contributed by atoms with Crippen molar-refractivity contribution >= 4 is 15.9 Å². The van der Waals surface area contributed by atoms with E-state index < -0.39 is 6.10 Å². The lowest BCUT2D eigenvalue weighted by Crippen LogP contribution is -2.31. The van der Waals surface area contributed by atoms with Crippen molar-refractivity contribution in [3.63, 3.8) is 0 Å². The molecule has 0 bridgehead atoms. The van der Waals surface area contributed by atoms with Gasteiger partial charge in [0.15, 0.2) is 0 Å². The summed E-state index contributed by atoms with van der Waals surface area (Å²) in [6.45, 7) is 7.61. The van der Waals surface area contributed by atoms with Gasteiger partial charge in [0, 0.05) is 18.4 Å². The van der Waals surface area contributed by atoms with Crippen molar-refractivity contribution in [1.29, 1.82) is 0 Å². The van der Waals surface area contributed by atoms with Crippen LogP contribution in [0.4, 0.5) is 0 Å². The highest BCUT2D eigenvalue weighted by molar-refractivity contribution is 9.09. The van der Waals surface area contributed by atoms with Crippen LogP contribution in [0.15, 0.2) is 24.3 Å². The predicted octanol–water partition coefficient (Wildman–Crippen LogP) is 2.53. The first-order chi connectivity index (χ1) is 6.56. The second-order valence-electron chi connectivity index (χ2n) is 3.43. The van der Waals surface area contributed by atoms with Crippen LogP contribution in [0.5, 0.6) is 0 Å². The summed E-state index contributed by atoms with van der Waals surface area (Å²) in [6, 6.07) is 0. The van der Waals surface area contributed by atoms with Gasteiger partial charge in [-0.15, -0.1) is 6.58 Å². The van der Waals surface area contributed by atoms with Gasteiger partial charge in [0.05, 0.1) is 6.10 Å². The Labute approximate surface area is 94.8 Å². The fourth-order valence-electron chi connectivity index (χ4n) is 1.27. The molecule has 14 heavy (non-hydrogen) atoms. The van der Waals surface area contributed by atoms with Crippen LogP contribution in [0.1, 0.15) is 13.8 Å². The van der Waals surface area contributed by atoms with Crippen LogP contribution in [0.3, 0.4) is 0 Å². The van der Waals surface area contributed by atoms with Crippen LogP contribution >= 0.6 is 15.9 Å². The van der Waals surface area contributed by atoms with E-state index in [-0.39, 0.29) is 12.0 Å². The highest BCUT2D eigenvalue weighted by atomic mass is 79.9. The summed E-state index contributed by atoms with van der Waals surface area (Å²) in [4.78, 5) is 0. The molecule has 2 nitrogen and oxygen atoms in total. The van der Waals surface area contributed by atoms with Gasteiger partial charge in [0.1, 0.15) is 6.10 Å². The molecule has 0 aromatic carbocycles. The Morgan fingerprint density at radius 2 is 2.21 bits per heavy atom. The maximum Gasteiger partial charge on any atom is 0.101 e. The lowest BCUT2D eigenvalue weighted by atomic mass is 9.97. The van der Waals surface area contributed by atoms with Crippen molar-refractivity contribution < 1.29 is 9.84 Å². The summed E-state index contributed by atoms with van der Waals surface area (Å²) in [5, 5.41) is 10.7. The Kier molecular flexibility index (Phi) is 7.15. The summed E-state index contributed by atoms with van der Waals surface area (Å²) >= 11 is 3.36. The first-order valence-corrected chi connectivity index (χ1v) is 5.75. The van der Waals surface area contributed by atoms with E-state index in [0.717, 1.165) is 5.33 Å². The number of hydrogen-bond donors (Lipinski definition) is 1. The number of aliphatic hydroxyl groups excluding tert-OH is 1. The largest absolute Gasteiger partial charge is 0.389 e. The van der Waals surface area contributed by atoms with E-state index in [1.807, 2.05) is 19.9 Å².